The second kappa shape index (κ2) is 8.74. The molecule has 1 aliphatic rings. The van der Waals surface area contributed by atoms with Crippen LogP contribution in [0, 0.1) is 5.92 Å². The van der Waals surface area contributed by atoms with E-state index in [0.29, 0.717) is 11.6 Å². The highest BCUT2D eigenvalue weighted by Crippen LogP contribution is 2.26. The molecule has 140 valence electrons. The van der Waals surface area contributed by atoms with Crippen molar-refractivity contribution in [2.45, 2.75) is 51.6 Å². The van der Waals surface area contributed by atoms with E-state index in [4.69, 9.17) is 9.47 Å². The lowest BCUT2D eigenvalue weighted by Gasteiger charge is -2.20. The maximum Gasteiger partial charge on any atom is 0.266 e. The molecule has 6 heteroatoms. The highest BCUT2D eigenvalue weighted by Gasteiger charge is 2.18. The topological polar surface area (TPSA) is 76.2 Å². The molecule has 0 bridgehead atoms. The van der Waals surface area contributed by atoms with E-state index in [2.05, 4.69) is 15.5 Å². The number of hydrogen-bond acceptors (Lipinski definition) is 4. The molecule has 26 heavy (non-hydrogen) atoms. The fraction of sp³-hybridized carbons (Fsp3) is 0.500. The number of aromatic amines is 1. The molecule has 6 nitrogen and oxygen atoms in total. The van der Waals surface area contributed by atoms with Gasteiger partial charge in [-0.25, -0.2) is 0 Å². The molecule has 1 atom stereocenters. The van der Waals surface area contributed by atoms with Crippen molar-refractivity contribution in [1.29, 1.82) is 0 Å². The van der Waals surface area contributed by atoms with Crippen molar-refractivity contribution in [3.8, 4) is 11.5 Å². The van der Waals surface area contributed by atoms with Crippen LogP contribution in [0.3, 0.4) is 0 Å². The smallest absolute Gasteiger partial charge is 0.266 e. The summed E-state index contributed by atoms with van der Waals surface area (Å²) in [6.45, 7) is 1.72. The van der Waals surface area contributed by atoms with Gasteiger partial charge in [0.1, 0.15) is 11.5 Å². The first kappa shape index (κ1) is 18.3. The first-order chi connectivity index (χ1) is 12.6. The molecule has 1 saturated carbocycles. The minimum atomic E-state index is -0.623. The summed E-state index contributed by atoms with van der Waals surface area (Å²) in [7, 11) is 1.61. The average molecular weight is 357 g/mol. The molecule has 1 aromatic carbocycles. The number of benzene rings is 1. The van der Waals surface area contributed by atoms with E-state index >= 15 is 0 Å². The number of nitrogens with one attached hydrogen (secondary N) is 2. The Hall–Kier alpha value is -2.50. The maximum absolute atomic E-state index is 12.3. The quantitative estimate of drug-likeness (QED) is 0.787. The Kier molecular flexibility index (Phi) is 6.15. The number of carbonyl (C=O) groups excluding carboxylic acids is 1. The summed E-state index contributed by atoms with van der Waals surface area (Å²) in [6, 6.07) is 9.07. The van der Waals surface area contributed by atoms with Crippen LogP contribution in [0.2, 0.25) is 0 Å². The summed E-state index contributed by atoms with van der Waals surface area (Å²) < 4.78 is 10.8. The first-order valence-corrected chi connectivity index (χ1v) is 9.30. The van der Waals surface area contributed by atoms with Crippen molar-refractivity contribution in [1.82, 2.24) is 10.2 Å². The number of aromatic nitrogens is 2. The van der Waals surface area contributed by atoms with Gasteiger partial charge in [-0.1, -0.05) is 32.1 Å². The lowest BCUT2D eigenvalue weighted by molar-refractivity contribution is -0.122. The summed E-state index contributed by atoms with van der Waals surface area (Å²) in [6.07, 6.45) is 6.95. The SMILES string of the molecule is COc1ccc(OC(C)C(=O)Nc2cc(CC3CCCCC3)[nH]n2)cc1. The molecular weight excluding hydrogens is 330 g/mol. The van der Waals surface area contributed by atoms with Gasteiger partial charge >= 0.3 is 0 Å². The molecule has 1 aromatic heterocycles. The molecule has 1 aliphatic carbocycles. The predicted octanol–water partition coefficient (Wildman–Crippen LogP) is 3.95. The fourth-order valence-electron chi connectivity index (χ4n) is 3.37. The number of hydrogen-bond donors (Lipinski definition) is 2. The minimum Gasteiger partial charge on any atom is -0.497 e. The molecule has 1 unspecified atom stereocenters. The fourth-order valence-corrected chi connectivity index (χ4v) is 3.37. The van der Waals surface area contributed by atoms with E-state index in [1.54, 1.807) is 38.3 Å². The Morgan fingerprint density at radius 2 is 1.92 bits per heavy atom. The number of nitrogens with zero attached hydrogens (tertiary/aromatic N) is 1. The molecule has 2 N–H and O–H groups in total. The summed E-state index contributed by atoms with van der Waals surface area (Å²) in [5.74, 6) is 2.41. The summed E-state index contributed by atoms with van der Waals surface area (Å²) in [5.41, 5.74) is 1.08. The third-order valence-electron chi connectivity index (χ3n) is 4.86. The van der Waals surface area contributed by atoms with Crippen molar-refractivity contribution >= 4 is 11.7 Å². The highest BCUT2D eigenvalue weighted by atomic mass is 16.5. The summed E-state index contributed by atoms with van der Waals surface area (Å²) in [4.78, 5) is 12.3. The van der Waals surface area contributed by atoms with Crippen LogP contribution in [0.5, 0.6) is 11.5 Å². The molecule has 0 spiro atoms. The largest absolute Gasteiger partial charge is 0.497 e. The number of carbonyl (C=O) groups is 1. The summed E-state index contributed by atoms with van der Waals surface area (Å²) in [5, 5.41) is 10.1. The van der Waals surface area contributed by atoms with Crippen LogP contribution in [0.4, 0.5) is 5.82 Å². The van der Waals surface area contributed by atoms with Crippen LogP contribution in [0.1, 0.15) is 44.7 Å². The first-order valence-electron chi connectivity index (χ1n) is 9.30. The van der Waals surface area contributed by atoms with Crippen LogP contribution >= 0.6 is 0 Å². The molecule has 0 saturated heterocycles. The number of ether oxygens (including phenoxy) is 2. The van der Waals surface area contributed by atoms with Crippen molar-refractivity contribution in [3.63, 3.8) is 0 Å². The predicted molar refractivity (Wildman–Crippen MR) is 101 cm³/mol. The Morgan fingerprint density at radius 1 is 1.23 bits per heavy atom. The van der Waals surface area contributed by atoms with Gasteiger partial charge in [0, 0.05) is 11.8 Å². The Labute approximate surface area is 154 Å². The van der Waals surface area contributed by atoms with Gasteiger partial charge < -0.3 is 14.8 Å². The number of H-pyrrole nitrogens is 1. The van der Waals surface area contributed by atoms with Gasteiger partial charge in [0.15, 0.2) is 11.9 Å². The van der Waals surface area contributed by atoms with Gasteiger partial charge in [-0.2, -0.15) is 5.10 Å². The number of anilines is 1. The number of amides is 1. The van der Waals surface area contributed by atoms with Crippen LogP contribution in [0.25, 0.3) is 0 Å². The molecule has 2 aromatic rings. The normalized spacial score (nSPS) is 16.1. The zero-order chi connectivity index (χ0) is 18.4. The van der Waals surface area contributed by atoms with E-state index in [9.17, 15) is 4.79 Å². The molecule has 0 radical (unpaired) electrons. The zero-order valence-corrected chi connectivity index (χ0v) is 15.5. The van der Waals surface area contributed by atoms with Gasteiger partial charge in [-0.05, 0) is 43.5 Å². The zero-order valence-electron chi connectivity index (χ0n) is 15.5. The maximum atomic E-state index is 12.3. The third kappa shape index (κ3) is 5.00. The summed E-state index contributed by atoms with van der Waals surface area (Å²) >= 11 is 0. The van der Waals surface area contributed by atoms with Gasteiger partial charge in [0.25, 0.3) is 5.91 Å². The Bertz CT molecular complexity index is 705. The van der Waals surface area contributed by atoms with E-state index in [1.165, 1.54) is 32.1 Å². The van der Waals surface area contributed by atoms with Gasteiger partial charge in [-0.3, -0.25) is 9.89 Å². The molecular formula is C20H27N3O3. The van der Waals surface area contributed by atoms with E-state index in [-0.39, 0.29) is 5.91 Å². The molecule has 1 fully saturated rings. The highest BCUT2D eigenvalue weighted by molar-refractivity contribution is 5.93. The van der Waals surface area contributed by atoms with Crippen LogP contribution in [-0.2, 0) is 11.2 Å². The molecule has 1 amide bonds. The number of rotatable bonds is 7. The minimum absolute atomic E-state index is 0.225. The number of methoxy groups -OCH3 is 1. The lowest BCUT2D eigenvalue weighted by Crippen LogP contribution is -2.30. The Balaban J connectivity index is 1.50. The average Bonchev–Trinajstić information content (AvgIpc) is 3.10. The van der Waals surface area contributed by atoms with Crippen LogP contribution in [0.15, 0.2) is 30.3 Å². The van der Waals surface area contributed by atoms with Crippen LogP contribution < -0.4 is 14.8 Å². The monoisotopic (exact) mass is 357 g/mol. The van der Waals surface area contributed by atoms with Crippen LogP contribution in [-0.4, -0.2) is 29.3 Å². The van der Waals surface area contributed by atoms with Crippen molar-refractivity contribution in [3.05, 3.63) is 36.0 Å². The van der Waals surface area contributed by atoms with Crippen molar-refractivity contribution in [2.24, 2.45) is 5.92 Å². The van der Waals surface area contributed by atoms with Crippen molar-refractivity contribution in [2.75, 3.05) is 12.4 Å². The van der Waals surface area contributed by atoms with Gasteiger partial charge in [0.05, 0.1) is 7.11 Å². The van der Waals surface area contributed by atoms with E-state index < -0.39 is 6.10 Å². The van der Waals surface area contributed by atoms with Crippen molar-refractivity contribution < 1.29 is 14.3 Å². The second-order valence-corrected chi connectivity index (χ2v) is 6.91. The van der Waals surface area contributed by atoms with Gasteiger partial charge in [0.2, 0.25) is 0 Å². The molecule has 0 aliphatic heterocycles. The van der Waals surface area contributed by atoms with E-state index in [0.717, 1.165) is 23.8 Å². The standard InChI is InChI=1S/C20H27N3O3/c1-14(26-18-10-8-17(25-2)9-11-18)20(24)21-19-13-16(22-23-19)12-15-6-4-3-5-7-15/h8-11,13-15H,3-7,12H2,1-2H3,(H2,21,22,23,24). The molecule has 1 heterocycles. The Morgan fingerprint density at radius 3 is 2.62 bits per heavy atom. The molecule has 3 rings (SSSR count). The second-order valence-electron chi connectivity index (χ2n) is 6.91. The van der Waals surface area contributed by atoms with E-state index in [1.807, 2.05) is 6.07 Å². The lowest BCUT2D eigenvalue weighted by atomic mass is 9.86. The van der Waals surface area contributed by atoms with Gasteiger partial charge in [-0.15, -0.1) is 0 Å². The third-order valence-corrected chi connectivity index (χ3v) is 4.86.